The number of carbonyl (C=O) groups excluding carboxylic acids is 1. The largest absolute Gasteiger partial charge is 0.417 e. The summed E-state index contributed by atoms with van der Waals surface area (Å²) in [6, 6.07) is 6.91. The molecule has 0 atom stereocenters. The minimum atomic E-state index is -4.53. The van der Waals surface area contributed by atoms with Crippen molar-refractivity contribution in [2.75, 3.05) is 0 Å². The molecule has 0 radical (unpaired) electrons. The van der Waals surface area contributed by atoms with Crippen molar-refractivity contribution in [1.82, 2.24) is 30.6 Å². The number of ketones is 1. The Kier molecular flexibility index (Phi) is 4.34. The zero-order chi connectivity index (χ0) is 19.9. The summed E-state index contributed by atoms with van der Waals surface area (Å²) < 4.78 is 38.2. The van der Waals surface area contributed by atoms with Gasteiger partial charge in [0.2, 0.25) is 5.78 Å². The highest BCUT2D eigenvalue weighted by atomic mass is 35.5. The lowest BCUT2D eigenvalue weighted by molar-refractivity contribution is -0.137. The van der Waals surface area contributed by atoms with E-state index in [1.807, 2.05) is 0 Å². The van der Waals surface area contributed by atoms with E-state index in [0.29, 0.717) is 33.5 Å². The minimum Gasteiger partial charge on any atom is -0.351 e. The quantitative estimate of drug-likeness (QED) is 0.505. The summed E-state index contributed by atoms with van der Waals surface area (Å²) in [5, 5.41) is 14.8. The molecule has 28 heavy (non-hydrogen) atoms. The first kappa shape index (κ1) is 18.1. The number of fused-ring (bicyclic) bond motifs is 1. The van der Waals surface area contributed by atoms with Gasteiger partial charge in [0, 0.05) is 28.5 Å². The SMILES string of the molecule is O=C(c1ccc(C(F)(F)F)cn1)c1[nH]c2cc(Cl)ccc2c1Cc1nn[nH]n1. The van der Waals surface area contributed by atoms with Gasteiger partial charge >= 0.3 is 6.18 Å². The number of nitrogens with zero attached hydrogens (tertiary/aromatic N) is 4. The zero-order valence-electron chi connectivity index (χ0n) is 13.9. The fraction of sp³-hybridized carbons (Fsp3) is 0.118. The van der Waals surface area contributed by atoms with Crippen molar-refractivity contribution >= 4 is 28.3 Å². The molecule has 142 valence electrons. The second kappa shape index (κ2) is 6.71. The van der Waals surface area contributed by atoms with Crippen LogP contribution >= 0.6 is 11.6 Å². The summed E-state index contributed by atoms with van der Waals surface area (Å²) in [5.74, 6) is -0.204. The molecule has 0 amide bonds. The van der Waals surface area contributed by atoms with Gasteiger partial charge in [0.05, 0.1) is 11.3 Å². The summed E-state index contributed by atoms with van der Waals surface area (Å²) in [5.41, 5.74) is 0.287. The number of tetrazole rings is 1. The maximum absolute atomic E-state index is 12.9. The van der Waals surface area contributed by atoms with Crippen molar-refractivity contribution in [1.29, 1.82) is 0 Å². The molecule has 7 nitrogen and oxygen atoms in total. The Bertz CT molecular complexity index is 1150. The van der Waals surface area contributed by atoms with Gasteiger partial charge in [0.1, 0.15) is 5.69 Å². The molecular formula is C17H10ClF3N6O. The molecular weight excluding hydrogens is 397 g/mol. The van der Waals surface area contributed by atoms with Gasteiger partial charge < -0.3 is 4.98 Å². The second-order valence-electron chi connectivity index (χ2n) is 5.93. The molecule has 3 aromatic heterocycles. The Morgan fingerprint density at radius 3 is 2.64 bits per heavy atom. The van der Waals surface area contributed by atoms with E-state index in [-0.39, 0.29) is 17.8 Å². The monoisotopic (exact) mass is 406 g/mol. The van der Waals surface area contributed by atoms with Crippen LogP contribution in [0.1, 0.15) is 33.1 Å². The van der Waals surface area contributed by atoms with Gasteiger partial charge in [-0.3, -0.25) is 9.78 Å². The first-order chi connectivity index (χ1) is 13.3. The predicted molar refractivity (Wildman–Crippen MR) is 93.0 cm³/mol. The highest BCUT2D eigenvalue weighted by molar-refractivity contribution is 6.31. The number of H-pyrrole nitrogens is 2. The average Bonchev–Trinajstić information content (AvgIpc) is 3.29. The molecule has 4 aromatic rings. The highest BCUT2D eigenvalue weighted by Crippen LogP contribution is 2.30. The van der Waals surface area contributed by atoms with Crippen LogP contribution in [0, 0.1) is 0 Å². The Labute approximate surface area is 159 Å². The van der Waals surface area contributed by atoms with Crippen LogP contribution < -0.4 is 0 Å². The fourth-order valence-corrected chi connectivity index (χ4v) is 3.02. The fourth-order valence-electron chi connectivity index (χ4n) is 2.84. The number of aromatic amines is 2. The van der Waals surface area contributed by atoms with E-state index in [0.717, 1.165) is 12.1 Å². The van der Waals surface area contributed by atoms with Crippen molar-refractivity contribution in [2.45, 2.75) is 12.6 Å². The summed E-state index contributed by atoms with van der Waals surface area (Å²) in [4.78, 5) is 19.6. The number of pyridine rings is 1. The van der Waals surface area contributed by atoms with Crippen LogP contribution in [-0.4, -0.2) is 36.4 Å². The number of alkyl halides is 3. The first-order valence-corrected chi connectivity index (χ1v) is 8.31. The van der Waals surface area contributed by atoms with Crippen molar-refractivity contribution in [3.63, 3.8) is 0 Å². The number of carbonyl (C=O) groups is 1. The van der Waals surface area contributed by atoms with Crippen LogP contribution in [0.3, 0.4) is 0 Å². The summed E-state index contributed by atoms with van der Waals surface area (Å²) in [6.45, 7) is 0. The number of nitrogens with one attached hydrogen (secondary N) is 2. The van der Waals surface area contributed by atoms with E-state index in [1.165, 1.54) is 0 Å². The smallest absolute Gasteiger partial charge is 0.351 e. The van der Waals surface area contributed by atoms with Gasteiger partial charge in [0.15, 0.2) is 5.82 Å². The molecule has 11 heteroatoms. The minimum absolute atomic E-state index is 0.125. The highest BCUT2D eigenvalue weighted by Gasteiger charge is 2.31. The number of hydrogen-bond donors (Lipinski definition) is 2. The van der Waals surface area contributed by atoms with Gasteiger partial charge in [0.25, 0.3) is 0 Å². The molecule has 4 rings (SSSR count). The first-order valence-electron chi connectivity index (χ1n) is 7.93. The van der Waals surface area contributed by atoms with Crippen LogP contribution in [0.15, 0.2) is 36.5 Å². The van der Waals surface area contributed by atoms with E-state index in [9.17, 15) is 18.0 Å². The molecule has 0 aliphatic carbocycles. The Hall–Kier alpha value is -3.27. The number of halogens is 4. The number of benzene rings is 1. The predicted octanol–water partition coefficient (Wildman–Crippen LogP) is 3.57. The van der Waals surface area contributed by atoms with Crippen molar-refractivity contribution in [2.24, 2.45) is 0 Å². The summed E-state index contributed by atoms with van der Waals surface area (Å²) in [6.07, 6.45) is -3.72. The van der Waals surface area contributed by atoms with E-state index in [2.05, 4.69) is 30.6 Å². The third-order valence-electron chi connectivity index (χ3n) is 4.14. The standard InChI is InChI=1S/C17H10ClF3N6O/c18-9-2-3-10-11(6-14-24-26-27-25-14)15(23-13(10)5-9)16(28)12-4-1-8(7-22-12)17(19,20)21/h1-5,7,23H,6H2,(H,24,25,26,27). The number of rotatable bonds is 4. The van der Waals surface area contributed by atoms with Gasteiger partial charge in [-0.15, -0.1) is 10.2 Å². The molecule has 0 aliphatic rings. The van der Waals surface area contributed by atoms with Gasteiger partial charge in [-0.1, -0.05) is 22.9 Å². The summed E-state index contributed by atoms with van der Waals surface area (Å²) >= 11 is 6.02. The van der Waals surface area contributed by atoms with E-state index < -0.39 is 17.5 Å². The molecule has 1 aromatic carbocycles. The Balaban J connectivity index is 1.79. The molecule has 0 fully saturated rings. The van der Waals surface area contributed by atoms with Crippen LogP contribution in [0.5, 0.6) is 0 Å². The van der Waals surface area contributed by atoms with Crippen molar-refractivity contribution in [3.05, 3.63) is 69.9 Å². The molecule has 0 saturated carbocycles. The van der Waals surface area contributed by atoms with E-state index in [4.69, 9.17) is 11.6 Å². The topological polar surface area (TPSA) is 100 Å². The van der Waals surface area contributed by atoms with Crippen LogP contribution in [0.25, 0.3) is 10.9 Å². The number of aromatic nitrogens is 6. The molecule has 0 aliphatic heterocycles. The zero-order valence-corrected chi connectivity index (χ0v) is 14.6. The lowest BCUT2D eigenvalue weighted by Crippen LogP contribution is -2.11. The molecule has 2 N–H and O–H groups in total. The molecule has 3 heterocycles. The Morgan fingerprint density at radius 1 is 1.18 bits per heavy atom. The van der Waals surface area contributed by atoms with Crippen LogP contribution in [-0.2, 0) is 12.6 Å². The van der Waals surface area contributed by atoms with Gasteiger partial charge in [-0.05, 0) is 29.8 Å². The van der Waals surface area contributed by atoms with Crippen molar-refractivity contribution in [3.8, 4) is 0 Å². The maximum Gasteiger partial charge on any atom is 0.417 e. The third kappa shape index (κ3) is 3.33. The lowest BCUT2D eigenvalue weighted by Gasteiger charge is -2.07. The van der Waals surface area contributed by atoms with E-state index >= 15 is 0 Å². The summed E-state index contributed by atoms with van der Waals surface area (Å²) in [7, 11) is 0. The maximum atomic E-state index is 12.9. The molecule has 0 unspecified atom stereocenters. The lowest BCUT2D eigenvalue weighted by atomic mass is 10.0. The third-order valence-corrected chi connectivity index (χ3v) is 4.38. The number of hydrogen-bond acceptors (Lipinski definition) is 5. The molecule has 0 bridgehead atoms. The molecule has 0 spiro atoms. The van der Waals surface area contributed by atoms with E-state index in [1.54, 1.807) is 18.2 Å². The van der Waals surface area contributed by atoms with Gasteiger partial charge in [-0.2, -0.15) is 18.4 Å². The second-order valence-corrected chi connectivity index (χ2v) is 6.37. The average molecular weight is 407 g/mol. The Morgan fingerprint density at radius 2 is 2.00 bits per heavy atom. The van der Waals surface area contributed by atoms with Crippen LogP contribution in [0.4, 0.5) is 13.2 Å². The van der Waals surface area contributed by atoms with Gasteiger partial charge in [-0.25, -0.2) is 0 Å². The van der Waals surface area contributed by atoms with Crippen LogP contribution in [0.2, 0.25) is 5.02 Å². The normalized spacial score (nSPS) is 11.9. The molecule has 0 saturated heterocycles. The van der Waals surface area contributed by atoms with Crippen molar-refractivity contribution < 1.29 is 18.0 Å².